The predicted octanol–water partition coefficient (Wildman–Crippen LogP) is 3.09. The molecule has 6 nitrogen and oxygen atoms in total. The van der Waals surface area contributed by atoms with E-state index >= 15 is 0 Å². The Morgan fingerprint density at radius 1 is 0.913 bits per heavy atom. The lowest BCUT2D eigenvalue weighted by Crippen LogP contribution is -2.56. The summed E-state index contributed by atoms with van der Waals surface area (Å²) in [6, 6.07) is 0. The van der Waals surface area contributed by atoms with E-state index < -0.39 is 11.9 Å². The monoisotopic (exact) mass is 330 g/mol. The van der Waals surface area contributed by atoms with Gasteiger partial charge in [0.1, 0.15) is 0 Å². The number of hydrogen-bond acceptors (Lipinski definition) is 4. The molecule has 1 fully saturated rings. The van der Waals surface area contributed by atoms with Crippen LogP contribution in [0.3, 0.4) is 0 Å². The molecule has 0 aliphatic heterocycles. The summed E-state index contributed by atoms with van der Waals surface area (Å²) in [6.07, 6.45) is 10.5. The van der Waals surface area contributed by atoms with E-state index in [1.165, 1.54) is 19.3 Å². The molecule has 0 heterocycles. The van der Waals surface area contributed by atoms with E-state index in [0.717, 1.165) is 44.9 Å². The molecule has 1 aliphatic carbocycles. The standard InChI is InChI=1S/C10H18O4.C7H16N2/c11-9(12)7-5-3-1-2-4-6-8-10(13)14;1-6-4-2-3-5-7(6,8)9/h1-8H2,(H,11,12)(H,13,14);6H,2-5,8-9H2,1H3. The van der Waals surface area contributed by atoms with E-state index in [2.05, 4.69) is 6.92 Å². The van der Waals surface area contributed by atoms with E-state index in [1.807, 2.05) is 0 Å². The summed E-state index contributed by atoms with van der Waals surface area (Å²) in [4.78, 5) is 20.3. The predicted molar refractivity (Wildman–Crippen MR) is 90.9 cm³/mol. The van der Waals surface area contributed by atoms with E-state index in [4.69, 9.17) is 21.7 Å². The quantitative estimate of drug-likeness (QED) is 0.380. The van der Waals surface area contributed by atoms with Crippen LogP contribution in [-0.4, -0.2) is 27.8 Å². The molecule has 6 heteroatoms. The molecule has 0 aromatic rings. The highest BCUT2D eigenvalue weighted by atomic mass is 16.4. The summed E-state index contributed by atoms with van der Waals surface area (Å²) in [5.74, 6) is -0.974. The molecule has 6 N–H and O–H groups in total. The van der Waals surface area contributed by atoms with Crippen molar-refractivity contribution in [2.24, 2.45) is 17.4 Å². The Balaban J connectivity index is 0.000000459. The van der Waals surface area contributed by atoms with Gasteiger partial charge in [0.2, 0.25) is 0 Å². The van der Waals surface area contributed by atoms with Gasteiger partial charge < -0.3 is 21.7 Å². The molecule has 0 aromatic heterocycles. The van der Waals surface area contributed by atoms with Crippen LogP contribution in [-0.2, 0) is 9.59 Å². The average molecular weight is 330 g/mol. The maximum absolute atomic E-state index is 10.1. The lowest BCUT2D eigenvalue weighted by Gasteiger charge is -2.35. The highest BCUT2D eigenvalue weighted by Gasteiger charge is 2.29. The summed E-state index contributed by atoms with van der Waals surface area (Å²) in [7, 11) is 0. The zero-order chi connectivity index (χ0) is 17.7. The van der Waals surface area contributed by atoms with Crippen LogP contribution in [0, 0.1) is 5.92 Å². The summed E-state index contributed by atoms with van der Waals surface area (Å²) in [6.45, 7) is 2.14. The van der Waals surface area contributed by atoms with Crippen LogP contribution in [0.2, 0.25) is 0 Å². The van der Waals surface area contributed by atoms with Crippen molar-refractivity contribution >= 4 is 11.9 Å². The summed E-state index contributed by atoms with van der Waals surface area (Å²) >= 11 is 0. The summed E-state index contributed by atoms with van der Waals surface area (Å²) < 4.78 is 0. The second-order valence-electron chi connectivity index (χ2n) is 6.67. The molecule has 0 aromatic carbocycles. The molecule has 1 aliphatic rings. The first-order valence-electron chi connectivity index (χ1n) is 8.77. The second kappa shape index (κ2) is 12.3. The third-order valence-corrected chi connectivity index (χ3v) is 4.45. The molecule has 1 rings (SSSR count). The lowest BCUT2D eigenvalue weighted by molar-refractivity contribution is -0.138. The van der Waals surface area contributed by atoms with Gasteiger partial charge in [-0.3, -0.25) is 9.59 Å². The summed E-state index contributed by atoms with van der Waals surface area (Å²) in [5.41, 5.74) is 11.2. The van der Waals surface area contributed by atoms with Crippen molar-refractivity contribution in [1.29, 1.82) is 0 Å². The third kappa shape index (κ3) is 13.0. The first-order chi connectivity index (χ1) is 10.8. The molecular weight excluding hydrogens is 296 g/mol. The molecule has 1 saturated carbocycles. The van der Waals surface area contributed by atoms with Crippen LogP contribution in [0.15, 0.2) is 0 Å². The van der Waals surface area contributed by atoms with Crippen molar-refractivity contribution in [3.8, 4) is 0 Å². The normalized spacial score (nSPS) is 19.5. The number of nitrogens with two attached hydrogens (primary N) is 2. The first kappa shape index (κ1) is 21.9. The van der Waals surface area contributed by atoms with Crippen molar-refractivity contribution in [2.45, 2.75) is 89.6 Å². The van der Waals surface area contributed by atoms with E-state index in [-0.39, 0.29) is 18.5 Å². The van der Waals surface area contributed by atoms with Gasteiger partial charge in [0.05, 0.1) is 5.66 Å². The number of aliphatic carboxylic acids is 2. The van der Waals surface area contributed by atoms with E-state index in [9.17, 15) is 9.59 Å². The topological polar surface area (TPSA) is 127 Å². The van der Waals surface area contributed by atoms with Crippen molar-refractivity contribution in [2.75, 3.05) is 0 Å². The number of carboxylic acid groups (broad SMARTS) is 2. The molecule has 0 bridgehead atoms. The Morgan fingerprint density at radius 2 is 1.35 bits per heavy atom. The minimum absolute atomic E-state index is 0.245. The fourth-order valence-corrected chi connectivity index (χ4v) is 2.66. The van der Waals surface area contributed by atoms with Gasteiger partial charge in [-0.25, -0.2) is 0 Å². The van der Waals surface area contributed by atoms with Crippen LogP contribution in [0.25, 0.3) is 0 Å². The van der Waals surface area contributed by atoms with Crippen molar-refractivity contribution < 1.29 is 19.8 Å². The largest absolute Gasteiger partial charge is 0.481 e. The van der Waals surface area contributed by atoms with Gasteiger partial charge in [-0.2, -0.15) is 0 Å². The van der Waals surface area contributed by atoms with Gasteiger partial charge in [0.15, 0.2) is 0 Å². The number of carbonyl (C=O) groups is 2. The second-order valence-corrected chi connectivity index (χ2v) is 6.67. The number of rotatable bonds is 9. The molecule has 0 amide bonds. The first-order valence-corrected chi connectivity index (χ1v) is 8.77. The van der Waals surface area contributed by atoms with Gasteiger partial charge in [-0.1, -0.05) is 45.4 Å². The third-order valence-electron chi connectivity index (χ3n) is 4.45. The minimum Gasteiger partial charge on any atom is -0.481 e. The van der Waals surface area contributed by atoms with Crippen molar-refractivity contribution in [3.63, 3.8) is 0 Å². The molecule has 1 unspecified atom stereocenters. The van der Waals surface area contributed by atoms with Crippen molar-refractivity contribution in [3.05, 3.63) is 0 Å². The molecular formula is C17H34N2O4. The maximum Gasteiger partial charge on any atom is 0.303 e. The highest BCUT2D eigenvalue weighted by Crippen LogP contribution is 2.26. The van der Waals surface area contributed by atoms with Gasteiger partial charge in [-0.05, 0) is 31.6 Å². The lowest BCUT2D eigenvalue weighted by atomic mass is 9.81. The smallest absolute Gasteiger partial charge is 0.303 e. The summed E-state index contributed by atoms with van der Waals surface area (Å²) in [5, 5.41) is 16.7. The van der Waals surface area contributed by atoms with Crippen LogP contribution in [0.1, 0.15) is 84.0 Å². The number of carboxylic acids is 2. The zero-order valence-electron chi connectivity index (χ0n) is 14.4. The van der Waals surface area contributed by atoms with Crippen molar-refractivity contribution in [1.82, 2.24) is 0 Å². The van der Waals surface area contributed by atoms with Gasteiger partial charge in [0, 0.05) is 12.8 Å². The Kier molecular flexibility index (Phi) is 11.7. The van der Waals surface area contributed by atoms with Gasteiger partial charge >= 0.3 is 11.9 Å². The molecule has 0 saturated heterocycles. The van der Waals surface area contributed by atoms with Crippen LogP contribution in [0.4, 0.5) is 0 Å². The zero-order valence-corrected chi connectivity index (χ0v) is 14.4. The van der Waals surface area contributed by atoms with Crippen LogP contribution in [0.5, 0.6) is 0 Å². The number of unbranched alkanes of at least 4 members (excludes halogenated alkanes) is 5. The van der Waals surface area contributed by atoms with Crippen LogP contribution < -0.4 is 11.5 Å². The molecule has 136 valence electrons. The van der Waals surface area contributed by atoms with E-state index in [1.54, 1.807) is 0 Å². The molecule has 23 heavy (non-hydrogen) atoms. The Hall–Kier alpha value is -1.14. The Labute approximate surface area is 139 Å². The molecule has 1 atom stereocenters. The van der Waals surface area contributed by atoms with Gasteiger partial charge in [-0.15, -0.1) is 0 Å². The molecule has 0 spiro atoms. The Bertz CT molecular complexity index is 325. The average Bonchev–Trinajstić information content (AvgIpc) is 2.45. The highest BCUT2D eigenvalue weighted by molar-refractivity contribution is 5.66. The van der Waals surface area contributed by atoms with Gasteiger partial charge in [0.25, 0.3) is 0 Å². The van der Waals surface area contributed by atoms with Crippen LogP contribution >= 0.6 is 0 Å². The Morgan fingerprint density at radius 3 is 1.65 bits per heavy atom. The SMILES string of the molecule is CC1CCCCC1(N)N.O=C(O)CCCCCCCCC(=O)O. The van der Waals surface area contributed by atoms with E-state index in [0.29, 0.717) is 5.92 Å². The fourth-order valence-electron chi connectivity index (χ4n) is 2.66. The minimum atomic E-state index is -0.740. The molecule has 0 radical (unpaired) electrons. The number of hydrogen-bond donors (Lipinski definition) is 4. The fraction of sp³-hybridized carbons (Fsp3) is 0.882. The maximum atomic E-state index is 10.1.